The summed E-state index contributed by atoms with van der Waals surface area (Å²) in [6, 6.07) is 15.9. The van der Waals surface area contributed by atoms with E-state index in [-0.39, 0.29) is 12.4 Å². The number of aromatic nitrogens is 3. The van der Waals surface area contributed by atoms with Crippen molar-refractivity contribution in [3.63, 3.8) is 0 Å². The van der Waals surface area contributed by atoms with E-state index in [1.807, 2.05) is 55.5 Å². The lowest BCUT2D eigenvalue weighted by molar-refractivity contribution is -0.140. The summed E-state index contributed by atoms with van der Waals surface area (Å²) in [5.41, 5.74) is 2.76. The van der Waals surface area contributed by atoms with Crippen LogP contribution in [-0.2, 0) is 22.4 Å². The van der Waals surface area contributed by atoms with Crippen LogP contribution in [0.3, 0.4) is 0 Å². The number of esters is 1. The molecule has 0 unspecified atom stereocenters. The van der Waals surface area contributed by atoms with E-state index >= 15 is 0 Å². The molecule has 8 heteroatoms. The number of methoxy groups -OCH3 is 1. The van der Waals surface area contributed by atoms with Crippen molar-refractivity contribution in [3.05, 3.63) is 83.1 Å². The maximum absolute atomic E-state index is 11.6. The normalized spacial score (nSPS) is 10.9. The second-order valence-electron chi connectivity index (χ2n) is 7.78. The van der Waals surface area contributed by atoms with Gasteiger partial charge in [0.2, 0.25) is 0 Å². The predicted octanol–water partition coefficient (Wildman–Crippen LogP) is 5.61. The number of carbonyl (C=O) groups is 1. The van der Waals surface area contributed by atoms with E-state index in [4.69, 9.17) is 30.5 Å². The number of rotatable bonds is 10. The molecular formula is C26H26ClN3O4. The Bertz CT molecular complexity index is 1250. The molecule has 2 aromatic carbocycles. The van der Waals surface area contributed by atoms with Crippen molar-refractivity contribution in [2.75, 3.05) is 13.7 Å². The highest BCUT2D eigenvalue weighted by molar-refractivity contribution is 6.30. The highest BCUT2D eigenvalue weighted by atomic mass is 35.5. The first kappa shape index (κ1) is 23.6. The Morgan fingerprint density at radius 1 is 1.12 bits per heavy atom. The van der Waals surface area contributed by atoms with Crippen LogP contribution in [0.2, 0.25) is 5.02 Å². The Morgan fingerprint density at radius 2 is 1.91 bits per heavy atom. The Balaban J connectivity index is 1.54. The molecule has 0 radical (unpaired) electrons. The SMILES string of the molecule is COC(=O)CCc1nccn1-c1nc(-c2ccc(Cl)cc2)c(CCCOc2ccccc2C)o1. The van der Waals surface area contributed by atoms with Crippen molar-refractivity contribution in [3.8, 4) is 23.0 Å². The average Bonchev–Trinajstić information content (AvgIpc) is 3.48. The van der Waals surface area contributed by atoms with Gasteiger partial charge < -0.3 is 13.9 Å². The van der Waals surface area contributed by atoms with Crippen molar-refractivity contribution >= 4 is 17.6 Å². The second kappa shape index (κ2) is 11.0. The average molecular weight is 480 g/mol. The van der Waals surface area contributed by atoms with Crippen molar-refractivity contribution < 1.29 is 18.7 Å². The summed E-state index contributed by atoms with van der Waals surface area (Å²) in [5.74, 6) is 2.01. The zero-order valence-corrected chi connectivity index (χ0v) is 19.9. The highest BCUT2D eigenvalue weighted by Gasteiger charge is 2.19. The monoisotopic (exact) mass is 479 g/mol. The fourth-order valence-corrected chi connectivity index (χ4v) is 3.71. The number of hydrogen-bond acceptors (Lipinski definition) is 6. The lowest BCUT2D eigenvalue weighted by Gasteiger charge is -2.08. The molecule has 0 saturated heterocycles. The number of hydrogen-bond donors (Lipinski definition) is 0. The largest absolute Gasteiger partial charge is 0.493 e. The third-order valence-electron chi connectivity index (χ3n) is 5.41. The van der Waals surface area contributed by atoms with E-state index in [1.54, 1.807) is 17.0 Å². The van der Waals surface area contributed by atoms with Gasteiger partial charge in [0.25, 0.3) is 0 Å². The van der Waals surface area contributed by atoms with Crippen molar-refractivity contribution in [2.24, 2.45) is 0 Å². The smallest absolute Gasteiger partial charge is 0.307 e. The van der Waals surface area contributed by atoms with Gasteiger partial charge in [0.05, 0.1) is 20.1 Å². The maximum atomic E-state index is 11.6. The molecule has 0 saturated carbocycles. The van der Waals surface area contributed by atoms with Gasteiger partial charge in [-0.15, -0.1) is 0 Å². The minimum atomic E-state index is -0.293. The van der Waals surface area contributed by atoms with E-state index in [9.17, 15) is 4.79 Å². The van der Waals surface area contributed by atoms with E-state index in [0.29, 0.717) is 36.3 Å². The summed E-state index contributed by atoms with van der Waals surface area (Å²) in [4.78, 5) is 20.7. The third kappa shape index (κ3) is 5.66. The lowest BCUT2D eigenvalue weighted by atomic mass is 10.1. The van der Waals surface area contributed by atoms with Crippen LogP contribution in [0.1, 0.15) is 30.0 Å². The third-order valence-corrected chi connectivity index (χ3v) is 5.66. The van der Waals surface area contributed by atoms with Gasteiger partial charge in [-0.05, 0) is 37.1 Å². The van der Waals surface area contributed by atoms with Gasteiger partial charge in [-0.1, -0.05) is 41.9 Å². The highest BCUT2D eigenvalue weighted by Crippen LogP contribution is 2.28. The molecule has 2 heterocycles. The lowest BCUT2D eigenvalue weighted by Crippen LogP contribution is -2.06. The van der Waals surface area contributed by atoms with Gasteiger partial charge in [0.15, 0.2) is 0 Å². The molecule has 176 valence electrons. The van der Waals surface area contributed by atoms with Gasteiger partial charge in [-0.25, -0.2) is 4.98 Å². The number of ether oxygens (including phenoxy) is 2. The maximum Gasteiger partial charge on any atom is 0.307 e. The standard InChI is InChI=1S/C26H26ClN3O4/c1-18-6-3-4-7-21(18)33-17-5-8-22-25(19-9-11-20(27)12-10-19)29-26(34-22)30-16-15-28-23(30)13-14-24(31)32-2/h3-4,6-7,9-12,15-16H,5,8,13-14,17H2,1-2H3. The molecule has 2 aromatic heterocycles. The Labute approximate surface area is 203 Å². The number of carbonyl (C=O) groups excluding carboxylic acids is 1. The van der Waals surface area contributed by atoms with Gasteiger partial charge >= 0.3 is 12.0 Å². The van der Waals surface area contributed by atoms with Crippen LogP contribution in [0.15, 0.2) is 65.3 Å². The van der Waals surface area contributed by atoms with Crippen LogP contribution in [0.4, 0.5) is 0 Å². The second-order valence-corrected chi connectivity index (χ2v) is 8.22. The number of para-hydroxylation sites is 1. The van der Waals surface area contributed by atoms with E-state index in [1.165, 1.54) is 7.11 Å². The van der Waals surface area contributed by atoms with Gasteiger partial charge in [0.1, 0.15) is 23.0 Å². The number of benzene rings is 2. The van der Waals surface area contributed by atoms with Crippen LogP contribution in [0.5, 0.6) is 5.75 Å². The van der Waals surface area contributed by atoms with E-state index in [0.717, 1.165) is 34.8 Å². The first-order chi connectivity index (χ1) is 16.5. The minimum absolute atomic E-state index is 0.224. The number of oxazole rings is 1. The van der Waals surface area contributed by atoms with Crippen molar-refractivity contribution in [1.29, 1.82) is 0 Å². The fourth-order valence-electron chi connectivity index (χ4n) is 3.59. The molecule has 0 atom stereocenters. The molecule has 0 spiro atoms. The Kier molecular flexibility index (Phi) is 7.65. The molecule has 4 aromatic rings. The summed E-state index contributed by atoms with van der Waals surface area (Å²) in [7, 11) is 1.37. The summed E-state index contributed by atoms with van der Waals surface area (Å²) >= 11 is 6.08. The summed E-state index contributed by atoms with van der Waals surface area (Å²) < 4.78 is 18.6. The Morgan fingerprint density at radius 3 is 2.68 bits per heavy atom. The molecule has 0 fully saturated rings. The van der Waals surface area contributed by atoms with Crippen LogP contribution >= 0.6 is 11.6 Å². The summed E-state index contributed by atoms with van der Waals surface area (Å²) in [6.07, 6.45) is 5.47. The number of nitrogens with zero attached hydrogens (tertiary/aromatic N) is 3. The summed E-state index contributed by atoms with van der Waals surface area (Å²) in [5, 5.41) is 0.653. The Hall–Kier alpha value is -3.58. The fraction of sp³-hybridized carbons (Fsp3) is 0.269. The molecule has 0 aliphatic carbocycles. The van der Waals surface area contributed by atoms with Crippen LogP contribution < -0.4 is 4.74 Å². The quantitative estimate of drug-likeness (QED) is 0.217. The first-order valence-electron chi connectivity index (χ1n) is 11.1. The number of aryl methyl sites for hydroxylation is 3. The number of halogens is 1. The van der Waals surface area contributed by atoms with Crippen LogP contribution in [0, 0.1) is 6.92 Å². The molecule has 0 amide bonds. The molecular weight excluding hydrogens is 454 g/mol. The van der Waals surface area contributed by atoms with E-state index < -0.39 is 0 Å². The van der Waals surface area contributed by atoms with Gasteiger partial charge in [-0.3, -0.25) is 9.36 Å². The van der Waals surface area contributed by atoms with Crippen LogP contribution in [-0.4, -0.2) is 34.2 Å². The molecule has 0 aliphatic heterocycles. The molecule has 34 heavy (non-hydrogen) atoms. The molecule has 0 aliphatic rings. The van der Waals surface area contributed by atoms with Crippen molar-refractivity contribution in [1.82, 2.24) is 14.5 Å². The van der Waals surface area contributed by atoms with Crippen LogP contribution in [0.25, 0.3) is 17.3 Å². The van der Waals surface area contributed by atoms with Gasteiger partial charge in [-0.2, -0.15) is 4.98 Å². The molecule has 7 nitrogen and oxygen atoms in total. The zero-order chi connectivity index (χ0) is 23.9. The zero-order valence-electron chi connectivity index (χ0n) is 19.2. The molecule has 4 rings (SSSR count). The number of imidazole rings is 1. The van der Waals surface area contributed by atoms with Gasteiger partial charge in [0, 0.05) is 35.8 Å². The van der Waals surface area contributed by atoms with Crippen molar-refractivity contribution in [2.45, 2.75) is 32.6 Å². The topological polar surface area (TPSA) is 79.4 Å². The minimum Gasteiger partial charge on any atom is -0.493 e. The first-order valence-corrected chi connectivity index (χ1v) is 11.5. The van der Waals surface area contributed by atoms with E-state index in [2.05, 4.69) is 4.98 Å². The summed E-state index contributed by atoms with van der Waals surface area (Å²) in [6.45, 7) is 2.58. The predicted molar refractivity (Wildman–Crippen MR) is 129 cm³/mol. The molecule has 0 N–H and O–H groups in total. The molecule has 0 bridgehead atoms.